The molecule has 0 saturated carbocycles. The van der Waals surface area contributed by atoms with Crippen molar-refractivity contribution in [3.63, 3.8) is 0 Å². The topological polar surface area (TPSA) is 88.2 Å². The summed E-state index contributed by atoms with van der Waals surface area (Å²) in [6.45, 7) is 6.98. The van der Waals surface area contributed by atoms with Gasteiger partial charge in [-0.05, 0) is 57.9 Å². The van der Waals surface area contributed by atoms with Crippen molar-refractivity contribution < 1.29 is 23.9 Å². The summed E-state index contributed by atoms with van der Waals surface area (Å²) < 4.78 is 10.6. The van der Waals surface area contributed by atoms with Gasteiger partial charge in [-0.3, -0.25) is 9.59 Å². The average Bonchev–Trinajstić information content (AvgIpc) is 3.09. The number of piperidine rings is 1. The van der Waals surface area contributed by atoms with Gasteiger partial charge in [0.05, 0.1) is 13.0 Å². The molecule has 0 radical (unpaired) electrons. The van der Waals surface area contributed by atoms with Crippen molar-refractivity contribution >= 4 is 23.6 Å². The molecule has 1 aromatic carbocycles. The molecular formula is C22H31N3O5. The predicted octanol–water partition coefficient (Wildman–Crippen LogP) is 2.56. The van der Waals surface area contributed by atoms with Gasteiger partial charge in [0.25, 0.3) is 0 Å². The van der Waals surface area contributed by atoms with E-state index >= 15 is 0 Å². The normalized spacial score (nSPS) is 20.3. The van der Waals surface area contributed by atoms with E-state index in [9.17, 15) is 14.4 Å². The number of carbonyl (C=O) groups excluding carboxylic acids is 3. The molecule has 8 nitrogen and oxygen atoms in total. The Bertz CT molecular complexity index is 779. The number of nitrogens with one attached hydrogen (secondary N) is 1. The lowest BCUT2D eigenvalue weighted by molar-refractivity contribution is -0.127. The summed E-state index contributed by atoms with van der Waals surface area (Å²) in [7, 11) is 1.59. The van der Waals surface area contributed by atoms with Gasteiger partial charge in [0, 0.05) is 37.8 Å². The van der Waals surface area contributed by atoms with E-state index in [0.29, 0.717) is 32.5 Å². The van der Waals surface area contributed by atoms with Gasteiger partial charge in [0.2, 0.25) is 11.8 Å². The van der Waals surface area contributed by atoms with Gasteiger partial charge >= 0.3 is 6.09 Å². The zero-order valence-corrected chi connectivity index (χ0v) is 18.1. The maximum atomic E-state index is 12.7. The number of rotatable bonds is 4. The molecule has 0 bridgehead atoms. The third-order valence-corrected chi connectivity index (χ3v) is 5.37. The minimum Gasteiger partial charge on any atom is -0.497 e. The lowest BCUT2D eigenvalue weighted by atomic mass is 10.0. The summed E-state index contributed by atoms with van der Waals surface area (Å²) >= 11 is 0. The van der Waals surface area contributed by atoms with Crippen LogP contribution in [0.25, 0.3) is 0 Å². The Labute approximate surface area is 177 Å². The second kappa shape index (κ2) is 8.93. The van der Waals surface area contributed by atoms with Crippen molar-refractivity contribution in [3.8, 4) is 5.75 Å². The Morgan fingerprint density at radius 2 is 1.73 bits per heavy atom. The fraction of sp³-hybridized carbons (Fsp3) is 0.591. The van der Waals surface area contributed by atoms with Crippen LogP contribution in [-0.4, -0.2) is 61.2 Å². The molecule has 2 aliphatic rings. The molecule has 8 heteroatoms. The number of hydrogen-bond donors (Lipinski definition) is 1. The first-order valence-corrected chi connectivity index (χ1v) is 10.4. The molecule has 164 valence electrons. The van der Waals surface area contributed by atoms with E-state index in [4.69, 9.17) is 9.47 Å². The molecule has 3 amide bonds. The maximum Gasteiger partial charge on any atom is 0.410 e. The number of carbonyl (C=O) groups is 3. The van der Waals surface area contributed by atoms with Crippen LogP contribution in [0.2, 0.25) is 0 Å². The first kappa shape index (κ1) is 21.9. The van der Waals surface area contributed by atoms with E-state index < -0.39 is 5.60 Å². The molecule has 1 unspecified atom stereocenters. The van der Waals surface area contributed by atoms with E-state index in [1.54, 1.807) is 29.0 Å². The van der Waals surface area contributed by atoms with Crippen LogP contribution in [0.3, 0.4) is 0 Å². The number of methoxy groups -OCH3 is 1. The van der Waals surface area contributed by atoms with Crippen LogP contribution >= 0.6 is 0 Å². The van der Waals surface area contributed by atoms with Gasteiger partial charge in [-0.2, -0.15) is 0 Å². The number of amides is 3. The standard InChI is InChI=1S/C22H31N3O5/c1-22(2,3)30-21(28)24-11-9-16(10-12-24)23-20(27)15-13-19(26)25(14-15)17-5-7-18(29-4)8-6-17/h5-8,15-16H,9-14H2,1-4H3,(H,23,27). The van der Waals surface area contributed by atoms with Crippen LogP contribution in [0.1, 0.15) is 40.0 Å². The van der Waals surface area contributed by atoms with E-state index in [-0.39, 0.29) is 36.3 Å². The summed E-state index contributed by atoms with van der Waals surface area (Å²) in [6.07, 6.45) is 1.24. The molecule has 30 heavy (non-hydrogen) atoms. The van der Waals surface area contributed by atoms with Gasteiger partial charge in [0.1, 0.15) is 11.4 Å². The second-order valence-electron chi connectivity index (χ2n) is 8.85. The Morgan fingerprint density at radius 1 is 1.10 bits per heavy atom. The fourth-order valence-electron chi connectivity index (χ4n) is 3.75. The zero-order chi connectivity index (χ0) is 21.9. The molecule has 1 N–H and O–H groups in total. The fourth-order valence-corrected chi connectivity index (χ4v) is 3.75. The molecule has 1 aromatic rings. The van der Waals surface area contributed by atoms with Gasteiger partial charge in [-0.15, -0.1) is 0 Å². The van der Waals surface area contributed by atoms with E-state index in [0.717, 1.165) is 11.4 Å². The quantitative estimate of drug-likeness (QED) is 0.814. The second-order valence-corrected chi connectivity index (χ2v) is 8.85. The molecule has 2 saturated heterocycles. The maximum absolute atomic E-state index is 12.7. The van der Waals surface area contributed by atoms with E-state index in [1.807, 2.05) is 32.9 Å². The highest BCUT2D eigenvalue weighted by Crippen LogP contribution is 2.27. The molecule has 2 heterocycles. The predicted molar refractivity (Wildman–Crippen MR) is 112 cm³/mol. The van der Waals surface area contributed by atoms with Crippen LogP contribution in [0, 0.1) is 5.92 Å². The number of benzene rings is 1. The third-order valence-electron chi connectivity index (χ3n) is 5.37. The monoisotopic (exact) mass is 417 g/mol. The summed E-state index contributed by atoms with van der Waals surface area (Å²) in [5, 5.41) is 3.06. The number of hydrogen-bond acceptors (Lipinski definition) is 5. The molecule has 1 atom stereocenters. The molecule has 3 rings (SSSR count). The van der Waals surface area contributed by atoms with Crippen molar-refractivity contribution in [2.45, 2.75) is 51.7 Å². The average molecular weight is 418 g/mol. The minimum atomic E-state index is -0.521. The number of nitrogens with zero attached hydrogens (tertiary/aromatic N) is 2. The summed E-state index contributed by atoms with van der Waals surface area (Å²) in [5.41, 5.74) is 0.245. The first-order chi connectivity index (χ1) is 14.2. The summed E-state index contributed by atoms with van der Waals surface area (Å²) in [6, 6.07) is 7.25. The van der Waals surface area contributed by atoms with Gasteiger partial charge in [-0.25, -0.2) is 4.79 Å². The number of anilines is 1. The SMILES string of the molecule is COc1ccc(N2CC(C(=O)NC3CCN(C(=O)OC(C)(C)C)CC3)CC2=O)cc1. The Hall–Kier alpha value is -2.77. The van der Waals surface area contributed by atoms with Crippen LogP contribution in [0.5, 0.6) is 5.75 Å². The largest absolute Gasteiger partial charge is 0.497 e. The van der Waals surface area contributed by atoms with Crippen LogP contribution in [0.15, 0.2) is 24.3 Å². The third kappa shape index (κ3) is 5.43. The van der Waals surface area contributed by atoms with Gasteiger partial charge in [0.15, 0.2) is 0 Å². The minimum absolute atomic E-state index is 0.00123. The lowest BCUT2D eigenvalue weighted by Gasteiger charge is -2.34. The zero-order valence-electron chi connectivity index (χ0n) is 18.1. The summed E-state index contributed by atoms with van der Waals surface area (Å²) in [5.74, 6) is 0.191. The van der Waals surface area contributed by atoms with Crippen molar-refractivity contribution in [2.75, 3.05) is 31.6 Å². The highest BCUT2D eigenvalue weighted by molar-refractivity contribution is 6.00. The Balaban J connectivity index is 1.49. The van der Waals surface area contributed by atoms with Crippen molar-refractivity contribution in [2.24, 2.45) is 5.92 Å². The highest BCUT2D eigenvalue weighted by Gasteiger charge is 2.36. The number of ether oxygens (including phenoxy) is 2. The van der Waals surface area contributed by atoms with Crippen molar-refractivity contribution in [3.05, 3.63) is 24.3 Å². The van der Waals surface area contributed by atoms with Crippen molar-refractivity contribution in [1.29, 1.82) is 0 Å². The molecule has 0 spiro atoms. The van der Waals surface area contributed by atoms with Gasteiger partial charge < -0.3 is 24.6 Å². The molecule has 2 aliphatic heterocycles. The van der Waals surface area contributed by atoms with Crippen LogP contribution in [0.4, 0.5) is 10.5 Å². The Morgan fingerprint density at radius 3 is 2.30 bits per heavy atom. The molecule has 0 aliphatic carbocycles. The van der Waals surface area contributed by atoms with Crippen LogP contribution in [-0.2, 0) is 14.3 Å². The van der Waals surface area contributed by atoms with E-state index in [2.05, 4.69) is 5.32 Å². The summed E-state index contributed by atoms with van der Waals surface area (Å²) in [4.78, 5) is 40.6. The van der Waals surface area contributed by atoms with Crippen LogP contribution < -0.4 is 15.0 Å². The Kier molecular flexibility index (Phi) is 6.53. The molecule has 0 aromatic heterocycles. The highest BCUT2D eigenvalue weighted by atomic mass is 16.6. The molecular weight excluding hydrogens is 386 g/mol. The number of likely N-dealkylation sites (tertiary alicyclic amines) is 1. The molecule has 2 fully saturated rings. The van der Waals surface area contributed by atoms with Crippen molar-refractivity contribution in [1.82, 2.24) is 10.2 Å². The smallest absolute Gasteiger partial charge is 0.410 e. The van der Waals surface area contributed by atoms with E-state index in [1.165, 1.54) is 0 Å². The van der Waals surface area contributed by atoms with Gasteiger partial charge in [-0.1, -0.05) is 0 Å². The first-order valence-electron chi connectivity index (χ1n) is 10.4. The lowest BCUT2D eigenvalue weighted by Crippen LogP contribution is -2.49.